The number of carbonyl (C=O) groups is 1. The highest BCUT2D eigenvalue weighted by molar-refractivity contribution is 6.10. The Morgan fingerprint density at radius 2 is 1.76 bits per heavy atom. The lowest BCUT2D eigenvalue weighted by molar-refractivity contribution is -0.384. The van der Waals surface area contributed by atoms with Crippen molar-refractivity contribution in [3.63, 3.8) is 0 Å². The fourth-order valence-corrected chi connectivity index (χ4v) is 3.95. The molecule has 1 amide bonds. The lowest BCUT2D eigenvalue weighted by atomic mass is 10.0. The Morgan fingerprint density at radius 1 is 1.06 bits per heavy atom. The van der Waals surface area contributed by atoms with Crippen LogP contribution in [0.15, 0.2) is 77.9 Å². The molecule has 0 unspecified atom stereocenters. The number of hydrazone groups is 1. The molecule has 0 aliphatic heterocycles. The van der Waals surface area contributed by atoms with Gasteiger partial charge in [0.05, 0.1) is 11.1 Å². The van der Waals surface area contributed by atoms with E-state index < -0.39 is 10.8 Å². The lowest BCUT2D eigenvalue weighted by Gasteiger charge is -2.20. The molecule has 4 rings (SSSR count). The predicted molar refractivity (Wildman–Crippen MR) is 135 cm³/mol. The minimum absolute atomic E-state index is 0.0400. The van der Waals surface area contributed by atoms with Crippen LogP contribution in [-0.2, 0) is 0 Å². The number of hydrogen-bond donors (Lipinski definition) is 2. The summed E-state index contributed by atoms with van der Waals surface area (Å²) in [4.78, 5) is 29.2. The van der Waals surface area contributed by atoms with E-state index in [1.807, 2.05) is 54.6 Å². The fraction of sp³-hybridized carbons (Fsp3) is 0.154. The van der Waals surface area contributed by atoms with E-state index in [0.29, 0.717) is 16.5 Å². The van der Waals surface area contributed by atoms with Gasteiger partial charge in [-0.15, -0.1) is 0 Å². The molecule has 1 heterocycles. The number of carbonyl (C=O) groups excluding carboxylic acids is 1. The second kappa shape index (κ2) is 9.99. The Labute approximate surface area is 197 Å². The number of nitro benzene ring substituents is 1. The van der Waals surface area contributed by atoms with Crippen LogP contribution >= 0.6 is 0 Å². The normalized spacial score (nSPS) is 11.1. The second-order valence-electron chi connectivity index (χ2n) is 7.69. The van der Waals surface area contributed by atoms with Gasteiger partial charge in [-0.25, -0.2) is 5.43 Å². The van der Waals surface area contributed by atoms with Crippen molar-refractivity contribution in [2.75, 3.05) is 18.0 Å². The Balaban J connectivity index is 1.62. The molecule has 2 N–H and O–H groups in total. The summed E-state index contributed by atoms with van der Waals surface area (Å²) in [5.74, 6) is -0.436. The number of nitro groups is 1. The molecule has 8 nitrogen and oxygen atoms in total. The van der Waals surface area contributed by atoms with E-state index in [4.69, 9.17) is 0 Å². The van der Waals surface area contributed by atoms with E-state index >= 15 is 0 Å². The third-order valence-corrected chi connectivity index (χ3v) is 5.68. The standard InChI is InChI=1S/C26H25N5O3/c1-3-30(4-2)20-12-10-18(11-13-20)17-27-29-26(32)25-24(19-8-6-5-7-9-19)22-16-21(31(33)34)14-15-23(22)28-25/h5-17,28H,3-4H2,1-2H3,(H,29,32)/b27-17+. The SMILES string of the molecule is CCN(CC)c1ccc(/C=N/NC(=O)c2[nH]c3ccc([N+](=O)[O-])cc3c2-c2ccccc2)cc1. The van der Waals surface area contributed by atoms with E-state index in [0.717, 1.165) is 29.9 Å². The number of non-ortho nitro benzene ring substituents is 1. The molecule has 4 aromatic rings. The van der Waals surface area contributed by atoms with Crippen LogP contribution in [0.5, 0.6) is 0 Å². The molecule has 0 saturated carbocycles. The number of nitrogens with one attached hydrogen (secondary N) is 2. The van der Waals surface area contributed by atoms with Crippen LogP contribution in [0.25, 0.3) is 22.0 Å². The summed E-state index contributed by atoms with van der Waals surface area (Å²) in [5.41, 5.74) is 6.80. The zero-order valence-electron chi connectivity index (χ0n) is 19.0. The van der Waals surface area contributed by atoms with Gasteiger partial charge in [-0.2, -0.15) is 5.10 Å². The molecule has 1 aromatic heterocycles. The van der Waals surface area contributed by atoms with Gasteiger partial charge in [0.1, 0.15) is 5.69 Å². The molecule has 0 aliphatic carbocycles. The maximum absolute atomic E-state index is 13.0. The topological polar surface area (TPSA) is 104 Å². The van der Waals surface area contributed by atoms with Crippen LogP contribution in [-0.4, -0.2) is 35.1 Å². The monoisotopic (exact) mass is 455 g/mol. The summed E-state index contributed by atoms with van der Waals surface area (Å²) >= 11 is 0. The van der Waals surface area contributed by atoms with Gasteiger partial charge in [-0.05, 0) is 43.2 Å². The van der Waals surface area contributed by atoms with Gasteiger partial charge >= 0.3 is 0 Å². The first kappa shape index (κ1) is 22.7. The lowest BCUT2D eigenvalue weighted by Crippen LogP contribution is -2.21. The molecule has 0 fully saturated rings. The largest absolute Gasteiger partial charge is 0.372 e. The Kier molecular flexibility index (Phi) is 6.68. The number of H-pyrrole nitrogens is 1. The summed E-state index contributed by atoms with van der Waals surface area (Å²) < 4.78 is 0. The number of aromatic nitrogens is 1. The average Bonchev–Trinajstić information content (AvgIpc) is 3.25. The highest BCUT2D eigenvalue weighted by atomic mass is 16.6. The zero-order valence-corrected chi connectivity index (χ0v) is 19.0. The summed E-state index contributed by atoms with van der Waals surface area (Å²) in [5, 5.41) is 16.0. The number of nitrogens with zero attached hydrogens (tertiary/aromatic N) is 3. The summed E-state index contributed by atoms with van der Waals surface area (Å²) in [7, 11) is 0. The van der Waals surface area contributed by atoms with Crippen molar-refractivity contribution in [2.45, 2.75) is 13.8 Å². The minimum Gasteiger partial charge on any atom is -0.372 e. The molecule has 3 aromatic carbocycles. The molecule has 34 heavy (non-hydrogen) atoms. The summed E-state index contributed by atoms with van der Waals surface area (Å²) in [6, 6.07) is 21.7. The third kappa shape index (κ3) is 4.66. The molecule has 0 saturated heterocycles. The van der Waals surface area contributed by atoms with Crippen molar-refractivity contribution in [3.8, 4) is 11.1 Å². The van der Waals surface area contributed by atoms with Crippen LogP contribution in [0.1, 0.15) is 29.9 Å². The maximum Gasteiger partial charge on any atom is 0.288 e. The van der Waals surface area contributed by atoms with Crippen LogP contribution in [0.3, 0.4) is 0 Å². The smallest absolute Gasteiger partial charge is 0.288 e. The number of aromatic amines is 1. The van der Waals surface area contributed by atoms with Crippen molar-refractivity contribution in [1.29, 1.82) is 0 Å². The van der Waals surface area contributed by atoms with Crippen LogP contribution in [0, 0.1) is 10.1 Å². The predicted octanol–water partition coefficient (Wildman–Crippen LogP) is 5.35. The van der Waals surface area contributed by atoms with Gasteiger partial charge in [0, 0.05) is 47.4 Å². The van der Waals surface area contributed by atoms with Gasteiger partial charge < -0.3 is 9.88 Å². The van der Waals surface area contributed by atoms with E-state index in [2.05, 4.69) is 34.3 Å². The molecule has 172 valence electrons. The number of benzene rings is 3. The number of fused-ring (bicyclic) bond motifs is 1. The van der Waals surface area contributed by atoms with Crippen molar-refractivity contribution in [2.24, 2.45) is 5.10 Å². The van der Waals surface area contributed by atoms with Crippen LogP contribution < -0.4 is 10.3 Å². The van der Waals surface area contributed by atoms with Gasteiger partial charge in [0.15, 0.2) is 0 Å². The first-order valence-corrected chi connectivity index (χ1v) is 11.1. The van der Waals surface area contributed by atoms with Gasteiger partial charge in [-0.1, -0.05) is 42.5 Å². The summed E-state index contributed by atoms with van der Waals surface area (Å²) in [6.45, 7) is 6.08. The quantitative estimate of drug-likeness (QED) is 0.212. The zero-order chi connectivity index (χ0) is 24.1. The molecule has 0 aliphatic rings. The van der Waals surface area contributed by atoms with Crippen molar-refractivity contribution in [1.82, 2.24) is 10.4 Å². The maximum atomic E-state index is 13.0. The van der Waals surface area contributed by atoms with E-state index in [9.17, 15) is 14.9 Å². The second-order valence-corrected chi connectivity index (χ2v) is 7.69. The van der Waals surface area contributed by atoms with Crippen LogP contribution in [0.2, 0.25) is 0 Å². The number of hydrogen-bond acceptors (Lipinski definition) is 5. The first-order valence-electron chi connectivity index (χ1n) is 11.1. The van der Waals surface area contributed by atoms with E-state index in [-0.39, 0.29) is 11.4 Å². The van der Waals surface area contributed by atoms with Gasteiger partial charge in [0.2, 0.25) is 0 Å². The molecule has 0 spiro atoms. The number of rotatable bonds is 8. The highest BCUT2D eigenvalue weighted by Gasteiger charge is 2.21. The average molecular weight is 456 g/mol. The Bertz CT molecular complexity index is 1340. The molecule has 0 bridgehead atoms. The first-order chi connectivity index (χ1) is 16.5. The van der Waals surface area contributed by atoms with Gasteiger partial charge in [-0.3, -0.25) is 14.9 Å². The minimum atomic E-state index is -0.448. The van der Waals surface area contributed by atoms with E-state index in [1.54, 1.807) is 12.3 Å². The molecule has 8 heteroatoms. The van der Waals surface area contributed by atoms with Crippen molar-refractivity contribution < 1.29 is 9.72 Å². The van der Waals surface area contributed by atoms with Crippen LogP contribution in [0.4, 0.5) is 11.4 Å². The molecular formula is C26H25N5O3. The van der Waals surface area contributed by atoms with E-state index in [1.165, 1.54) is 12.1 Å². The Morgan fingerprint density at radius 3 is 2.41 bits per heavy atom. The third-order valence-electron chi connectivity index (χ3n) is 5.68. The van der Waals surface area contributed by atoms with Gasteiger partial charge in [0.25, 0.3) is 11.6 Å². The fourth-order valence-electron chi connectivity index (χ4n) is 3.95. The Hall–Kier alpha value is -4.46. The highest BCUT2D eigenvalue weighted by Crippen LogP contribution is 2.34. The summed E-state index contributed by atoms with van der Waals surface area (Å²) in [6.07, 6.45) is 1.58. The van der Waals surface area contributed by atoms with Crippen molar-refractivity contribution >= 4 is 34.4 Å². The molecular weight excluding hydrogens is 430 g/mol. The number of anilines is 1. The number of amides is 1. The van der Waals surface area contributed by atoms with Crippen molar-refractivity contribution in [3.05, 3.63) is 94.2 Å². The molecule has 0 atom stereocenters. The molecule has 0 radical (unpaired) electrons.